The summed E-state index contributed by atoms with van der Waals surface area (Å²) < 4.78 is 24.1. The quantitative estimate of drug-likeness (QED) is 0.0230. The molecule has 0 radical (unpaired) electrons. The van der Waals surface area contributed by atoms with E-state index in [2.05, 4.69) is 76.1 Å². The Morgan fingerprint density at radius 2 is 1.17 bits per heavy atom. The maximum Gasteiger partial charge on any atom is 0.328 e. The van der Waals surface area contributed by atoms with Gasteiger partial charge in [0.05, 0.1) is 23.6 Å². The first-order valence-electron chi connectivity index (χ1n) is 35.3. The predicted molar refractivity (Wildman–Crippen MR) is 390 cm³/mol. The average molecular weight is 1470 g/mol. The number of fused-ring (bicyclic) bond motifs is 7. The summed E-state index contributed by atoms with van der Waals surface area (Å²) in [6.45, 7) is 18.5. The Labute approximate surface area is 612 Å². The Morgan fingerprint density at radius 1 is 0.709 bits per heavy atom. The number of nitrogens with zero attached hydrogens (tertiary/aromatic N) is 2. The van der Waals surface area contributed by atoms with E-state index in [-0.39, 0.29) is 71.3 Å². The molecule has 4 aromatic carbocycles. The number of nitrogens with one attached hydrogen (secondary N) is 4. The van der Waals surface area contributed by atoms with Gasteiger partial charge in [0.2, 0.25) is 11.8 Å². The predicted octanol–water partition coefficient (Wildman–Crippen LogP) is 9.20. The Bertz CT molecular complexity index is 3500. The normalized spacial score (nSPS) is 26.5. The number of phenols is 2. The fraction of sp³-hybridized carbons (Fsp3) is 0.532. The van der Waals surface area contributed by atoms with E-state index in [9.17, 15) is 59.4 Å². The number of carbonyl (C=O) groups is 6. The standard InChI is InChI=1S/C25H34O6.2C24H32ClN3O4.C4H4O4/c1-4-5-21-30-20-11-17-16-7-6-14-10-15(27)8-9-23(14,2)22(16)18(28)12-24(17,3)25(20,31-21)19(29)13-26;2*1-17(29)27-22-8-7-21(30)13-23(22)32-16-24(2,31)15-26-20-9-11-28(12-10-20)14-18-3-5-19(25)6-4-18;5-3(6)1-2-4(7)8/h8-10,16-18,20-22,26,28H,4-7,11-13H2,1-3H3;2*3-8,13,20,26,30-31H,9-12,14-16H2,1-2H3,(H,27,29);1-2H,(H,5,6)(H,7,8)/b;;;2-1+/t16-,17-,18-,20+,21?,22+,23-,24-,25+;2*24-;/m000./s1. The summed E-state index contributed by atoms with van der Waals surface area (Å²) in [5.41, 5.74) is 0.144. The lowest BCUT2D eigenvalue weighted by molar-refractivity contribution is -0.200. The van der Waals surface area contributed by atoms with Crippen LogP contribution in [-0.2, 0) is 51.3 Å². The van der Waals surface area contributed by atoms with Gasteiger partial charge in [-0.1, -0.05) is 86.3 Å². The van der Waals surface area contributed by atoms with E-state index >= 15 is 0 Å². The monoisotopic (exact) mass is 1470 g/mol. The van der Waals surface area contributed by atoms with Crippen LogP contribution in [-0.4, -0.2) is 192 Å². The summed E-state index contributed by atoms with van der Waals surface area (Å²) in [6, 6.07) is 25.5. The smallest absolute Gasteiger partial charge is 0.328 e. The molecule has 12 N–H and O–H groups in total. The summed E-state index contributed by atoms with van der Waals surface area (Å²) in [4.78, 5) is 71.9. The molecule has 24 nitrogen and oxygen atoms in total. The van der Waals surface area contributed by atoms with E-state index < -0.39 is 59.3 Å². The van der Waals surface area contributed by atoms with Crippen molar-refractivity contribution < 1.29 is 88.6 Å². The first kappa shape index (κ1) is 81.4. The van der Waals surface area contributed by atoms with Crippen molar-refractivity contribution in [2.45, 2.75) is 173 Å². The van der Waals surface area contributed by atoms with E-state index in [1.807, 2.05) is 30.3 Å². The molecule has 4 aliphatic carbocycles. The highest BCUT2D eigenvalue weighted by molar-refractivity contribution is 6.30. The largest absolute Gasteiger partial charge is 0.508 e. The number of hydrogen-bond acceptors (Lipinski definition) is 20. The lowest BCUT2D eigenvalue weighted by Crippen LogP contribution is -2.63. The molecular formula is C77H102Cl2N6O18. The number of aliphatic hydroxyl groups is 4. The molecule has 3 saturated carbocycles. The molecule has 562 valence electrons. The molecule has 4 aromatic rings. The second-order valence-corrected chi connectivity index (χ2v) is 30.0. The topological polar surface area (TPSA) is 356 Å². The molecule has 3 aliphatic heterocycles. The van der Waals surface area contributed by atoms with E-state index in [0.29, 0.717) is 79.5 Å². The Morgan fingerprint density at radius 3 is 1.60 bits per heavy atom. The van der Waals surface area contributed by atoms with Gasteiger partial charge in [-0.05, 0) is 181 Å². The molecule has 26 heteroatoms. The maximum atomic E-state index is 13.2. The highest BCUT2D eigenvalue weighted by atomic mass is 35.5. The fourth-order valence-corrected chi connectivity index (χ4v) is 15.9. The third-order valence-corrected chi connectivity index (χ3v) is 21.2. The van der Waals surface area contributed by atoms with E-state index in [1.165, 1.54) is 49.2 Å². The Hall–Kier alpha value is -7.30. The van der Waals surface area contributed by atoms with Gasteiger partial charge in [-0.2, -0.15) is 0 Å². The van der Waals surface area contributed by atoms with E-state index in [1.54, 1.807) is 38.1 Å². The molecule has 0 spiro atoms. The number of halogens is 2. The Kier molecular flexibility index (Phi) is 28.5. The van der Waals surface area contributed by atoms with Crippen molar-refractivity contribution in [3.8, 4) is 23.0 Å². The third-order valence-electron chi connectivity index (χ3n) is 20.7. The van der Waals surface area contributed by atoms with E-state index in [4.69, 9.17) is 52.4 Å². The summed E-state index contributed by atoms with van der Waals surface area (Å²) in [5, 5.41) is 91.7. The number of likely N-dealkylation sites (tertiary alicyclic amines) is 2. The van der Waals surface area contributed by atoms with Crippen LogP contribution in [0.25, 0.3) is 0 Å². The number of carboxylic acids is 2. The number of piperidine rings is 2. The molecule has 1 unspecified atom stereocenters. The van der Waals surface area contributed by atoms with Gasteiger partial charge in [0.25, 0.3) is 0 Å². The van der Waals surface area contributed by atoms with Gasteiger partial charge in [-0.3, -0.25) is 29.0 Å². The van der Waals surface area contributed by atoms with E-state index in [0.717, 1.165) is 99.8 Å². The van der Waals surface area contributed by atoms with Gasteiger partial charge in [0.1, 0.15) is 54.0 Å². The van der Waals surface area contributed by atoms with Crippen LogP contribution in [0.5, 0.6) is 23.0 Å². The summed E-state index contributed by atoms with van der Waals surface area (Å²) in [6.07, 6.45) is 13.4. The first-order chi connectivity index (χ1) is 48.7. The maximum absolute atomic E-state index is 13.2. The molecule has 11 atom stereocenters. The average Bonchev–Trinajstić information content (AvgIpc) is 1.54. The third kappa shape index (κ3) is 21.9. The number of anilines is 2. The number of benzene rings is 4. The molecular weight excluding hydrogens is 1370 g/mol. The molecule has 0 bridgehead atoms. The number of allylic oxidation sites excluding steroid dienone is 4. The molecule has 3 heterocycles. The highest BCUT2D eigenvalue weighted by Crippen LogP contribution is 2.70. The van der Waals surface area contributed by atoms with Crippen molar-refractivity contribution in [1.29, 1.82) is 0 Å². The lowest BCUT2D eigenvalue weighted by Gasteiger charge is -2.59. The van der Waals surface area contributed by atoms with Crippen molar-refractivity contribution in [1.82, 2.24) is 20.4 Å². The van der Waals surface area contributed by atoms with Gasteiger partial charge in [0.15, 0.2) is 23.5 Å². The number of rotatable bonds is 24. The minimum absolute atomic E-state index is 0.0125. The van der Waals surface area contributed by atoms with Crippen LogP contribution in [0, 0.1) is 28.6 Å². The molecule has 3 saturated heterocycles. The van der Waals surface area contributed by atoms with Gasteiger partial charge in [-0.25, -0.2) is 9.59 Å². The molecule has 0 aromatic heterocycles. The van der Waals surface area contributed by atoms with Crippen molar-refractivity contribution in [3.63, 3.8) is 0 Å². The Balaban J connectivity index is 0.000000185. The molecule has 6 fully saturated rings. The van der Waals surface area contributed by atoms with Gasteiger partial charge >= 0.3 is 11.9 Å². The number of carboxylic acid groups (broad SMARTS) is 2. The van der Waals surface area contributed by atoms with Crippen LogP contribution < -0.4 is 30.7 Å². The number of aliphatic hydroxyl groups excluding tert-OH is 2. The van der Waals surface area contributed by atoms with Crippen LogP contribution in [0.4, 0.5) is 11.4 Å². The van der Waals surface area contributed by atoms with Crippen molar-refractivity contribution >= 4 is 69.9 Å². The second-order valence-electron chi connectivity index (χ2n) is 29.1. The number of aliphatic carboxylic acids is 2. The number of ether oxygens (including phenoxy) is 4. The first-order valence-corrected chi connectivity index (χ1v) is 36.1. The van der Waals surface area contributed by atoms with Gasteiger partial charge in [0, 0.05) is 103 Å². The van der Waals surface area contributed by atoms with Crippen LogP contribution in [0.2, 0.25) is 10.0 Å². The summed E-state index contributed by atoms with van der Waals surface area (Å²) in [7, 11) is 0. The number of aromatic hydroxyl groups is 2. The summed E-state index contributed by atoms with van der Waals surface area (Å²) >= 11 is 11.9. The number of hydrogen-bond donors (Lipinski definition) is 12. The SMILES string of the molecule is CC(=O)Nc1ccc(O)cc1OC[C@@](C)(O)CNC1CCN(Cc2ccc(Cl)cc2)CC1.CC(=O)Nc1ccc(O)cc1OC[C@@](C)(O)CNC1CCN(Cc2ccc(Cl)cc2)CC1.CCCC1O[C@@H]2C[C@H]3[C@@H]4CCC5=CC(=O)C=C[C@]5(C)[C@H]4[C@@H](O)C[C@]3(C)[C@]2(C(=O)CO)O1.O=C(O)/C=C/C(=O)O. The number of amides is 2. The van der Waals surface area contributed by atoms with Gasteiger partial charge in [-0.15, -0.1) is 0 Å². The molecule has 2 amide bonds. The van der Waals surface area contributed by atoms with Crippen LogP contribution in [0.3, 0.4) is 0 Å². The van der Waals surface area contributed by atoms with Crippen molar-refractivity contribution in [2.75, 3.05) is 69.7 Å². The zero-order valence-corrected chi connectivity index (χ0v) is 61.3. The van der Waals surface area contributed by atoms with Crippen LogP contribution >= 0.6 is 23.2 Å². The number of carbonyl (C=O) groups excluding carboxylic acids is 4. The van der Waals surface area contributed by atoms with Gasteiger partial charge < -0.3 is 81.1 Å². The highest BCUT2D eigenvalue weighted by Gasteiger charge is 2.75. The number of ketones is 2. The zero-order chi connectivity index (χ0) is 75.0. The molecule has 7 aliphatic rings. The zero-order valence-electron chi connectivity index (χ0n) is 59.7. The molecule has 11 rings (SSSR count). The van der Waals surface area contributed by atoms with Crippen LogP contribution in [0.15, 0.2) is 121 Å². The fourth-order valence-electron chi connectivity index (χ4n) is 15.7. The lowest BCUT2D eigenvalue weighted by atomic mass is 9.46. The van der Waals surface area contributed by atoms with Crippen molar-refractivity contribution in [2.24, 2.45) is 28.6 Å². The minimum atomic E-state index is -1.26. The van der Waals surface area contributed by atoms with Crippen molar-refractivity contribution in [3.05, 3.63) is 142 Å². The minimum Gasteiger partial charge on any atom is -0.508 e. The number of phenolic OH excluding ortho intramolecular Hbond substituents is 2. The van der Waals surface area contributed by atoms with Crippen LogP contribution in [0.1, 0.15) is 124 Å². The molecule has 103 heavy (non-hydrogen) atoms. The number of Topliss-reactive ketones (excluding diaryl/α,β-unsaturated/α-hetero) is 1. The second kappa shape index (κ2) is 36.1. The summed E-state index contributed by atoms with van der Waals surface area (Å²) in [5.74, 6) is -2.28.